The monoisotopic (exact) mass is 97.1 g/mol. The van der Waals surface area contributed by atoms with Crippen LogP contribution in [0.2, 0.25) is 0 Å². The number of hydrogen-bond donors (Lipinski definition) is 0. The van der Waals surface area contributed by atoms with Gasteiger partial charge in [-0.2, -0.15) is 0 Å². The molecule has 1 aliphatic heterocycles. The van der Waals surface area contributed by atoms with Crippen molar-refractivity contribution in [2.75, 3.05) is 13.6 Å². The zero-order valence-electron chi connectivity index (χ0n) is 4.68. The smallest absolute Gasteiger partial charge is 0.0984 e. The molecule has 0 N–H and O–H groups in total. The molecule has 0 aliphatic carbocycles. The molecule has 0 aromatic heterocycles. The second kappa shape index (κ2) is 1.45. The van der Waals surface area contributed by atoms with Gasteiger partial charge in [0.2, 0.25) is 0 Å². The van der Waals surface area contributed by atoms with Crippen LogP contribution in [0.15, 0.2) is 16.9 Å². The van der Waals surface area contributed by atoms with E-state index in [9.17, 15) is 0 Å². The number of nitrogens with zero attached hydrogens (tertiary/aromatic N) is 2. The second-order valence-electron chi connectivity index (χ2n) is 1.85. The summed E-state index contributed by atoms with van der Waals surface area (Å²) >= 11 is 0. The summed E-state index contributed by atoms with van der Waals surface area (Å²) in [6.45, 7) is 2.96. The van der Waals surface area contributed by atoms with E-state index in [1.807, 2.05) is 17.9 Å². The molecule has 38 valence electrons. The zero-order chi connectivity index (χ0) is 5.28. The van der Waals surface area contributed by atoms with Crippen molar-refractivity contribution in [1.29, 1.82) is 0 Å². The molecule has 0 bridgehead atoms. The third-order valence-electron chi connectivity index (χ3n) is 0.950. The highest BCUT2D eigenvalue weighted by atomic mass is 15.2. The van der Waals surface area contributed by atoms with Crippen molar-refractivity contribution in [2.45, 2.75) is 6.92 Å². The van der Waals surface area contributed by atoms with E-state index < -0.39 is 0 Å². The van der Waals surface area contributed by atoms with Gasteiger partial charge in [0.1, 0.15) is 6.54 Å². The van der Waals surface area contributed by atoms with Crippen molar-refractivity contribution in [1.82, 2.24) is 0 Å². The average molecular weight is 97.1 g/mol. The molecule has 1 aliphatic rings. The third kappa shape index (κ3) is 0.856. The molecule has 0 atom stereocenters. The van der Waals surface area contributed by atoms with Crippen molar-refractivity contribution < 1.29 is 4.70 Å². The van der Waals surface area contributed by atoms with Gasteiger partial charge in [-0.15, -0.1) is 0 Å². The predicted molar refractivity (Wildman–Crippen MR) is 27.2 cm³/mol. The maximum Gasteiger partial charge on any atom is 0.196 e. The Balaban J connectivity index is 2.69. The molecule has 0 saturated heterocycles. The van der Waals surface area contributed by atoms with Gasteiger partial charge in [0.15, 0.2) is 13.2 Å². The van der Waals surface area contributed by atoms with Crippen LogP contribution in [0, 0.1) is 0 Å². The summed E-state index contributed by atoms with van der Waals surface area (Å²) in [5.41, 5.74) is 1.34. The predicted octanol–water partition coefficient (Wildman–Crippen LogP) is 0.998. The molecule has 0 radical (unpaired) electrons. The number of rotatable bonds is 0. The molecule has 2 heteroatoms. The molecule has 1 heterocycles. The van der Waals surface area contributed by atoms with Crippen molar-refractivity contribution in [3.63, 3.8) is 0 Å². The van der Waals surface area contributed by atoms with Crippen LogP contribution < -0.4 is 0 Å². The molecule has 0 amide bonds. The first-order valence-electron chi connectivity index (χ1n) is 2.36. The quantitative estimate of drug-likeness (QED) is 0.401. The number of hydrogen-bond acceptors (Lipinski definition) is 1. The fraction of sp³-hybridized carbons (Fsp3) is 0.600. The van der Waals surface area contributed by atoms with Crippen LogP contribution >= 0.6 is 0 Å². The van der Waals surface area contributed by atoms with Gasteiger partial charge in [0, 0.05) is 5.57 Å². The largest absolute Gasteiger partial charge is 0.196 e. The fourth-order valence-electron chi connectivity index (χ4n) is 0.624. The summed E-state index contributed by atoms with van der Waals surface area (Å²) in [4.78, 5) is 0. The molecule has 0 saturated carbocycles. The molecular weight excluding hydrogens is 88.1 g/mol. The van der Waals surface area contributed by atoms with Gasteiger partial charge in [-0.1, -0.05) is 4.70 Å². The summed E-state index contributed by atoms with van der Waals surface area (Å²) in [5.74, 6) is 0. The van der Waals surface area contributed by atoms with E-state index in [4.69, 9.17) is 0 Å². The molecule has 0 aromatic carbocycles. The SMILES string of the molecule is CC1=C[N+](C)=NC1. The van der Waals surface area contributed by atoms with Gasteiger partial charge < -0.3 is 0 Å². The first-order chi connectivity index (χ1) is 3.29. The van der Waals surface area contributed by atoms with E-state index in [1.54, 1.807) is 0 Å². The lowest BCUT2D eigenvalue weighted by Crippen LogP contribution is -1.82. The van der Waals surface area contributed by atoms with Gasteiger partial charge in [-0.25, -0.2) is 0 Å². The highest BCUT2D eigenvalue weighted by Crippen LogP contribution is 1.99. The van der Waals surface area contributed by atoms with E-state index >= 15 is 0 Å². The minimum atomic E-state index is 0.885. The highest BCUT2D eigenvalue weighted by Gasteiger charge is 2.03. The third-order valence-corrected chi connectivity index (χ3v) is 0.950. The minimum Gasteiger partial charge on any atom is -0.0984 e. The Hall–Kier alpha value is -0.660. The van der Waals surface area contributed by atoms with Crippen LogP contribution in [-0.2, 0) is 0 Å². The van der Waals surface area contributed by atoms with Crippen LogP contribution in [-0.4, -0.2) is 18.3 Å². The van der Waals surface area contributed by atoms with Crippen molar-refractivity contribution in [2.24, 2.45) is 5.11 Å². The van der Waals surface area contributed by atoms with E-state index in [-0.39, 0.29) is 0 Å². The molecule has 0 spiro atoms. The van der Waals surface area contributed by atoms with Crippen LogP contribution in [0.25, 0.3) is 0 Å². The topological polar surface area (TPSA) is 15.4 Å². The summed E-state index contributed by atoms with van der Waals surface area (Å²) in [6, 6.07) is 0. The number of azo groups is 2. The van der Waals surface area contributed by atoms with E-state index in [0.717, 1.165) is 6.54 Å². The Morgan fingerprint density at radius 2 is 2.57 bits per heavy atom. The Kier molecular flexibility index (Phi) is 0.929. The van der Waals surface area contributed by atoms with E-state index in [0.29, 0.717) is 0 Å². The first-order valence-corrected chi connectivity index (χ1v) is 2.36. The molecular formula is C5H9N2+. The molecule has 0 unspecified atom stereocenters. The Morgan fingerprint density at radius 1 is 1.86 bits per heavy atom. The standard InChI is InChI=1S/C5H9N2/c1-5-3-6-7(2)4-5/h4H,3H2,1-2H3/q+1. The van der Waals surface area contributed by atoms with Gasteiger partial charge in [-0.3, -0.25) is 0 Å². The van der Waals surface area contributed by atoms with Crippen molar-refractivity contribution in [3.05, 3.63) is 11.8 Å². The first kappa shape index (κ1) is 4.50. The minimum absolute atomic E-state index is 0.885. The molecule has 0 fully saturated rings. The van der Waals surface area contributed by atoms with Crippen LogP contribution in [0.4, 0.5) is 0 Å². The Labute approximate surface area is 43.2 Å². The summed E-state index contributed by atoms with van der Waals surface area (Å²) in [6.07, 6.45) is 2.03. The maximum atomic E-state index is 4.06. The fourth-order valence-corrected chi connectivity index (χ4v) is 0.624. The van der Waals surface area contributed by atoms with Crippen molar-refractivity contribution in [3.8, 4) is 0 Å². The zero-order valence-corrected chi connectivity index (χ0v) is 4.68. The average Bonchev–Trinajstić information content (AvgIpc) is 1.87. The lowest BCUT2D eigenvalue weighted by molar-refractivity contribution is -0.491. The van der Waals surface area contributed by atoms with Crippen LogP contribution in [0.5, 0.6) is 0 Å². The lowest BCUT2D eigenvalue weighted by atomic mass is 10.4. The molecule has 0 aromatic rings. The summed E-state index contributed by atoms with van der Waals surface area (Å²) < 4.78 is 1.84. The summed E-state index contributed by atoms with van der Waals surface area (Å²) in [5, 5.41) is 4.06. The van der Waals surface area contributed by atoms with Crippen LogP contribution in [0.3, 0.4) is 0 Å². The maximum absolute atomic E-state index is 4.06. The molecule has 7 heavy (non-hydrogen) atoms. The van der Waals surface area contributed by atoms with Gasteiger partial charge >= 0.3 is 0 Å². The second-order valence-corrected chi connectivity index (χ2v) is 1.85. The molecule has 1 rings (SSSR count). The van der Waals surface area contributed by atoms with Gasteiger partial charge in [-0.05, 0) is 12.0 Å². The van der Waals surface area contributed by atoms with Gasteiger partial charge in [0.05, 0.1) is 0 Å². The summed E-state index contributed by atoms with van der Waals surface area (Å²) in [7, 11) is 1.94. The van der Waals surface area contributed by atoms with Crippen molar-refractivity contribution >= 4 is 0 Å². The molecule has 2 nitrogen and oxygen atoms in total. The Bertz CT molecular complexity index is 133. The normalized spacial score (nSPS) is 19.1. The lowest BCUT2D eigenvalue weighted by Gasteiger charge is -1.69. The van der Waals surface area contributed by atoms with E-state index in [1.165, 1.54) is 5.57 Å². The van der Waals surface area contributed by atoms with Gasteiger partial charge in [0.25, 0.3) is 0 Å². The Morgan fingerprint density at radius 3 is 2.71 bits per heavy atom. The van der Waals surface area contributed by atoms with E-state index in [2.05, 4.69) is 12.0 Å². The van der Waals surface area contributed by atoms with Crippen LogP contribution in [0.1, 0.15) is 6.92 Å². The highest BCUT2D eigenvalue weighted by molar-refractivity contribution is 4.95.